The smallest absolute Gasteiger partial charge is 0.413 e. The lowest BCUT2D eigenvalue weighted by Crippen LogP contribution is -2.28. The Kier molecular flexibility index (Phi) is 2.99. The maximum absolute atomic E-state index is 15.1. The molecule has 0 unspecified atom stereocenters. The number of rotatable bonds is 4. The minimum atomic E-state index is -3.19. The van der Waals surface area contributed by atoms with Gasteiger partial charge in [-0.1, -0.05) is 18.1 Å². The quantitative estimate of drug-likeness (QED) is 0.502. The van der Waals surface area contributed by atoms with E-state index in [0.717, 1.165) is 12.0 Å². The van der Waals surface area contributed by atoms with E-state index in [1.807, 2.05) is 0 Å². The van der Waals surface area contributed by atoms with E-state index in [0.29, 0.717) is 4.68 Å². The van der Waals surface area contributed by atoms with Gasteiger partial charge in [-0.2, -0.15) is 5.10 Å². The SMILES string of the molecule is [2H]c1nc2c(c(-c3nc(N)c(N(C)C(=O)OC)c(N)n3)nn2C([2H])([2H])c2c([2H])c([2H])c([2H])c([2H])c2F)c([2H])c1[2H]. The molecular weight excluding hydrogens is 403 g/mol. The van der Waals surface area contributed by atoms with Crippen molar-refractivity contribution in [3.63, 3.8) is 0 Å². The fourth-order valence-electron chi connectivity index (χ4n) is 2.68. The summed E-state index contributed by atoms with van der Waals surface area (Å²) in [4.78, 5) is 24.8. The van der Waals surface area contributed by atoms with Crippen LogP contribution in [0.2, 0.25) is 0 Å². The van der Waals surface area contributed by atoms with Crippen LogP contribution in [0.3, 0.4) is 0 Å². The molecule has 3 heterocycles. The first kappa shape index (κ1) is 11.8. The van der Waals surface area contributed by atoms with Crippen molar-refractivity contribution in [2.45, 2.75) is 6.50 Å². The van der Waals surface area contributed by atoms with Gasteiger partial charge in [-0.3, -0.25) is 4.90 Å². The minimum Gasteiger partial charge on any atom is -0.452 e. The van der Waals surface area contributed by atoms with Gasteiger partial charge in [-0.25, -0.2) is 28.8 Å². The summed E-state index contributed by atoms with van der Waals surface area (Å²) in [6.45, 7) is -3.19. The molecule has 0 fully saturated rings. The number of carbonyl (C=O) groups excluding carboxylic acids is 1. The van der Waals surface area contributed by atoms with Crippen molar-refractivity contribution in [3.8, 4) is 11.5 Å². The largest absolute Gasteiger partial charge is 0.452 e. The summed E-state index contributed by atoms with van der Waals surface area (Å²) >= 11 is 0. The number of nitrogens with zero attached hydrogens (tertiary/aromatic N) is 6. The Morgan fingerprint density at radius 3 is 2.68 bits per heavy atom. The number of carbonyl (C=O) groups is 1. The van der Waals surface area contributed by atoms with Crippen molar-refractivity contribution in [1.29, 1.82) is 0 Å². The number of hydrogen-bond acceptors (Lipinski definition) is 8. The topological polar surface area (TPSA) is 138 Å². The first-order valence-electron chi connectivity index (χ1n) is 12.9. The van der Waals surface area contributed by atoms with E-state index < -0.39 is 83.6 Å². The highest BCUT2D eigenvalue weighted by Gasteiger charge is 2.23. The Labute approximate surface area is 188 Å². The van der Waals surface area contributed by atoms with Crippen LogP contribution in [-0.4, -0.2) is 45.0 Å². The van der Waals surface area contributed by atoms with E-state index in [9.17, 15) is 4.79 Å². The Balaban J connectivity index is 2.08. The molecule has 11 heteroatoms. The number of nitrogen functional groups attached to an aromatic ring is 2. The van der Waals surface area contributed by atoms with Gasteiger partial charge in [0.15, 0.2) is 23.1 Å². The number of hydrogen-bond donors (Lipinski definition) is 2. The monoisotopic (exact) mass is 431 g/mol. The van der Waals surface area contributed by atoms with E-state index in [1.165, 1.54) is 7.05 Å². The molecule has 4 rings (SSSR count). The van der Waals surface area contributed by atoms with Gasteiger partial charge in [-0.05, 0) is 18.1 Å². The first-order valence-corrected chi connectivity index (χ1v) is 8.44. The third kappa shape index (κ3) is 3.56. The van der Waals surface area contributed by atoms with Crippen LogP contribution in [0.1, 0.15) is 17.9 Å². The molecule has 0 atom stereocenters. The zero-order valence-corrected chi connectivity index (χ0v) is 16.0. The van der Waals surface area contributed by atoms with E-state index in [4.69, 9.17) is 23.8 Å². The fraction of sp³-hybridized carbons (Fsp3) is 0.150. The molecule has 4 aromatic rings. The van der Waals surface area contributed by atoms with E-state index in [-0.39, 0.29) is 22.7 Å². The van der Waals surface area contributed by atoms with Crippen molar-refractivity contribution >= 4 is 34.4 Å². The molecule has 0 spiro atoms. The number of amides is 1. The van der Waals surface area contributed by atoms with Crippen LogP contribution < -0.4 is 16.4 Å². The zero-order chi connectivity index (χ0) is 30.0. The second kappa shape index (κ2) is 7.86. The minimum absolute atomic E-state index is 0.143. The third-order valence-electron chi connectivity index (χ3n) is 4.06. The first-order chi connectivity index (χ1) is 18.6. The lowest BCUT2D eigenvalue weighted by molar-refractivity contribution is 0.180. The molecule has 158 valence electrons. The molecule has 1 amide bonds. The molecule has 3 aromatic heterocycles. The van der Waals surface area contributed by atoms with Crippen LogP contribution in [-0.2, 0) is 11.2 Å². The van der Waals surface area contributed by atoms with Gasteiger partial charge in [-0.15, -0.1) is 0 Å². The fourth-order valence-corrected chi connectivity index (χ4v) is 2.68. The molecule has 1 aromatic carbocycles. The highest BCUT2D eigenvalue weighted by molar-refractivity contribution is 5.96. The van der Waals surface area contributed by atoms with E-state index in [1.54, 1.807) is 0 Å². The summed E-state index contributed by atoms with van der Waals surface area (Å²) in [6, 6.07) is -5.34. The highest BCUT2D eigenvalue weighted by Crippen LogP contribution is 2.32. The molecule has 10 nitrogen and oxygen atoms in total. The Hall–Kier alpha value is -4.28. The van der Waals surface area contributed by atoms with Crippen molar-refractivity contribution in [3.05, 3.63) is 53.8 Å². The molecule has 0 saturated carbocycles. The molecule has 0 saturated heterocycles. The maximum atomic E-state index is 15.1. The predicted molar refractivity (Wildman–Crippen MR) is 114 cm³/mol. The highest BCUT2D eigenvalue weighted by atomic mass is 19.1. The van der Waals surface area contributed by atoms with Crippen LogP contribution in [0.4, 0.5) is 26.5 Å². The van der Waals surface area contributed by atoms with E-state index >= 15 is 4.39 Å². The van der Waals surface area contributed by atoms with E-state index in [2.05, 4.69) is 24.8 Å². The lowest BCUT2D eigenvalue weighted by Gasteiger charge is -2.18. The van der Waals surface area contributed by atoms with Gasteiger partial charge >= 0.3 is 6.09 Å². The van der Waals surface area contributed by atoms with Gasteiger partial charge < -0.3 is 16.2 Å². The summed E-state index contributed by atoms with van der Waals surface area (Å²) in [6.07, 6.45) is -1.61. The molecule has 31 heavy (non-hydrogen) atoms. The molecule has 0 aliphatic carbocycles. The van der Waals surface area contributed by atoms with Crippen LogP contribution >= 0.6 is 0 Å². The standard InChI is InChI=1S/C20H19FN8O2/c1-28(20(30)31-2)15-16(22)25-18(26-17(15)23)14-12-7-5-9-24-19(12)29(27-14)10-11-6-3-4-8-13(11)21/h3-9H,10H2,1-2H3,(H4,22,23,25,26)/i3D,4D,5D,6D,7D,8D,9D,10D2. The summed E-state index contributed by atoms with van der Waals surface area (Å²) in [5.41, 5.74) is 9.77. The summed E-state index contributed by atoms with van der Waals surface area (Å²) in [5.74, 6) is -2.73. The molecule has 4 N–H and O–H groups in total. The lowest BCUT2D eigenvalue weighted by atomic mass is 10.2. The second-order valence-corrected chi connectivity index (χ2v) is 5.93. The van der Waals surface area contributed by atoms with Crippen molar-refractivity contribution in [2.24, 2.45) is 0 Å². The Morgan fingerprint density at radius 2 is 1.97 bits per heavy atom. The maximum Gasteiger partial charge on any atom is 0.413 e. The van der Waals surface area contributed by atoms with Gasteiger partial charge in [0.1, 0.15) is 17.2 Å². The predicted octanol–water partition coefficient (Wildman–Crippen LogP) is 2.44. The normalized spacial score (nSPS) is 15.5. The average molecular weight is 431 g/mol. The number of halogens is 1. The third-order valence-corrected chi connectivity index (χ3v) is 4.06. The summed E-state index contributed by atoms with van der Waals surface area (Å²) in [5, 5.41) is 3.69. The molecule has 0 bridgehead atoms. The molecule has 0 aliphatic rings. The number of nitrogens with two attached hydrogens (primary N) is 2. The van der Waals surface area contributed by atoms with Crippen LogP contribution in [0.5, 0.6) is 0 Å². The summed E-state index contributed by atoms with van der Waals surface area (Å²) in [7, 11) is 2.39. The number of benzene rings is 1. The number of pyridine rings is 1. The molecular formula is C20H19FN8O2. The van der Waals surface area contributed by atoms with Gasteiger partial charge in [0.05, 0.1) is 31.3 Å². The molecule has 0 aliphatic heterocycles. The van der Waals surface area contributed by atoms with Crippen LogP contribution in [0, 0.1) is 5.82 Å². The molecule has 0 radical (unpaired) electrons. The number of anilines is 3. The van der Waals surface area contributed by atoms with Crippen LogP contribution in [0.15, 0.2) is 42.4 Å². The van der Waals surface area contributed by atoms with Gasteiger partial charge in [0, 0.05) is 18.8 Å². The number of aromatic nitrogens is 5. The Bertz CT molecular complexity index is 1680. The van der Waals surface area contributed by atoms with Crippen molar-refractivity contribution in [2.75, 3.05) is 30.5 Å². The van der Waals surface area contributed by atoms with Gasteiger partial charge in [0.2, 0.25) is 0 Å². The summed E-state index contributed by atoms with van der Waals surface area (Å²) < 4.78 is 93.3. The van der Waals surface area contributed by atoms with Crippen molar-refractivity contribution < 1.29 is 26.3 Å². The number of methoxy groups -OCH3 is 1. The Morgan fingerprint density at radius 1 is 1.26 bits per heavy atom. The second-order valence-electron chi connectivity index (χ2n) is 5.93. The zero-order valence-electron chi connectivity index (χ0n) is 25.0. The van der Waals surface area contributed by atoms with Crippen LogP contribution in [0.25, 0.3) is 22.6 Å². The van der Waals surface area contributed by atoms with Crippen molar-refractivity contribution in [1.82, 2.24) is 24.7 Å². The average Bonchev–Trinajstić information content (AvgIpc) is 3.28. The number of fused-ring (bicyclic) bond motifs is 1. The number of ether oxygens (including phenoxy) is 1. The van der Waals surface area contributed by atoms with Gasteiger partial charge in [0.25, 0.3) is 0 Å².